The van der Waals surface area contributed by atoms with Gasteiger partial charge in [-0.1, -0.05) is 0 Å². The van der Waals surface area contributed by atoms with E-state index >= 15 is 0 Å². The third-order valence-corrected chi connectivity index (χ3v) is 3.83. The van der Waals surface area contributed by atoms with Crippen molar-refractivity contribution in [1.82, 2.24) is 15.1 Å². The molecule has 4 aliphatic heterocycles. The number of amides is 3. The molecule has 3 amide bonds. The van der Waals surface area contributed by atoms with Crippen molar-refractivity contribution in [2.75, 3.05) is 26.2 Å². The lowest BCUT2D eigenvalue weighted by atomic mass is 9.83. The number of imide groups is 1. The van der Waals surface area contributed by atoms with E-state index in [9.17, 15) is 9.59 Å². The second kappa shape index (κ2) is 3.20. The van der Waals surface area contributed by atoms with E-state index in [2.05, 4.69) is 10.2 Å². The van der Waals surface area contributed by atoms with Crippen LogP contribution in [0.1, 0.15) is 12.8 Å². The second-order valence-corrected chi connectivity index (χ2v) is 4.63. The van der Waals surface area contributed by atoms with Crippen LogP contribution in [0.5, 0.6) is 0 Å². The maximum atomic E-state index is 11.6. The zero-order valence-corrected chi connectivity index (χ0v) is 8.61. The SMILES string of the molecule is O=C1CNC(=O)N1C1CN2CCC1CC2. The molecule has 4 rings (SSSR count). The highest BCUT2D eigenvalue weighted by Gasteiger charge is 2.43. The van der Waals surface area contributed by atoms with Gasteiger partial charge in [0, 0.05) is 6.54 Å². The third-order valence-electron chi connectivity index (χ3n) is 3.83. The molecule has 0 aromatic carbocycles. The van der Waals surface area contributed by atoms with Gasteiger partial charge in [0.2, 0.25) is 5.91 Å². The molecule has 5 heteroatoms. The fourth-order valence-corrected chi connectivity index (χ4v) is 3.00. The highest BCUT2D eigenvalue weighted by Crippen LogP contribution is 2.31. The van der Waals surface area contributed by atoms with Crippen molar-refractivity contribution in [1.29, 1.82) is 0 Å². The molecular weight excluding hydrogens is 194 g/mol. The maximum Gasteiger partial charge on any atom is 0.324 e. The highest BCUT2D eigenvalue weighted by atomic mass is 16.2. The van der Waals surface area contributed by atoms with Gasteiger partial charge in [0.15, 0.2) is 0 Å². The topological polar surface area (TPSA) is 52.7 Å². The van der Waals surface area contributed by atoms with Crippen LogP contribution < -0.4 is 5.32 Å². The summed E-state index contributed by atoms with van der Waals surface area (Å²) in [6.07, 6.45) is 2.25. The minimum absolute atomic E-state index is 0.0567. The molecule has 4 saturated heterocycles. The Balaban J connectivity index is 1.82. The standard InChI is InChI=1S/C10H15N3O2/c14-9-5-11-10(15)13(9)8-6-12-3-1-7(8)2-4-12/h7-8H,1-6H2,(H,11,15). The molecule has 0 radical (unpaired) electrons. The van der Waals surface area contributed by atoms with Crippen molar-refractivity contribution in [3.05, 3.63) is 0 Å². The first-order chi connectivity index (χ1) is 7.25. The quantitative estimate of drug-likeness (QED) is 0.600. The normalized spacial score (nSPS) is 39.7. The van der Waals surface area contributed by atoms with E-state index in [1.807, 2.05) is 0 Å². The summed E-state index contributed by atoms with van der Waals surface area (Å²) in [5, 5.41) is 2.60. The monoisotopic (exact) mass is 209 g/mol. The summed E-state index contributed by atoms with van der Waals surface area (Å²) in [5.41, 5.74) is 0. The molecule has 5 nitrogen and oxygen atoms in total. The third kappa shape index (κ3) is 1.33. The zero-order valence-electron chi connectivity index (χ0n) is 8.61. The minimum atomic E-state index is -0.196. The smallest absolute Gasteiger partial charge is 0.324 e. The zero-order chi connectivity index (χ0) is 10.4. The van der Waals surface area contributed by atoms with Crippen LogP contribution in [0.3, 0.4) is 0 Å². The van der Waals surface area contributed by atoms with Crippen molar-refractivity contribution in [2.45, 2.75) is 18.9 Å². The number of rotatable bonds is 1. The Bertz CT molecular complexity index is 294. The summed E-state index contributed by atoms with van der Waals surface area (Å²) >= 11 is 0. The van der Waals surface area contributed by atoms with Crippen LogP contribution in [0.15, 0.2) is 0 Å². The van der Waals surface area contributed by atoms with Crippen molar-refractivity contribution in [2.24, 2.45) is 5.92 Å². The highest BCUT2D eigenvalue weighted by molar-refractivity contribution is 6.02. The molecule has 1 N–H and O–H groups in total. The fourth-order valence-electron chi connectivity index (χ4n) is 3.00. The van der Waals surface area contributed by atoms with E-state index in [1.165, 1.54) is 4.90 Å². The lowest BCUT2D eigenvalue weighted by Crippen LogP contribution is -2.58. The van der Waals surface area contributed by atoms with Gasteiger partial charge in [-0.25, -0.2) is 4.79 Å². The number of fused-ring (bicyclic) bond motifs is 3. The van der Waals surface area contributed by atoms with Gasteiger partial charge >= 0.3 is 6.03 Å². The van der Waals surface area contributed by atoms with E-state index < -0.39 is 0 Å². The van der Waals surface area contributed by atoms with Crippen molar-refractivity contribution >= 4 is 11.9 Å². The fraction of sp³-hybridized carbons (Fsp3) is 0.800. The summed E-state index contributed by atoms with van der Waals surface area (Å²) in [4.78, 5) is 26.9. The Morgan fingerprint density at radius 1 is 1.20 bits per heavy atom. The molecule has 15 heavy (non-hydrogen) atoms. The Hall–Kier alpha value is -1.10. The average Bonchev–Trinajstić information content (AvgIpc) is 2.60. The summed E-state index contributed by atoms with van der Waals surface area (Å²) in [6.45, 7) is 3.32. The van der Waals surface area contributed by atoms with Gasteiger partial charge in [0.05, 0.1) is 12.6 Å². The number of piperidine rings is 3. The molecule has 0 aromatic rings. The van der Waals surface area contributed by atoms with E-state index in [0.717, 1.165) is 32.5 Å². The molecule has 4 heterocycles. The summed E-state index contributed by atoms with van der Waals surface area (Å²) in [5.74, 6) is 0.474. The number of nitrogens with zero attached hydrogens (tertiary/aromatic N) is 2. The van der Waals surface area contributed by atoms with Crippen molar-refractivity contribution in [3.63, 3.8) is 0 Å². The van der Waals surface area contributed by atoms with Gasteiger partial charge in [-0.05, 0) is 31.8 Å². The number of hydrogen-bond acceptors (Lipinski definition) is 3. The summed E-state index contributed by atoms with van der Waals surface area (Å²) in [7, 11) is 0. The largest absolute Gasteiger partial charge is 0.329 e. The maximum absolute atomic E-state index is 11.6. The Labute approximate surface area is 88.4 Å². The van der Waals surface area contributed by atoms with Gasteiger partial charge in [-0.15, -0.1) is 0 Å². The molecule has 0 saturated carbocycles. The van der Waals surface area contributed by atoms with E-state index in [0.29, 0.717) is 5.92 Å². The number of hydrogen-bond donors (Lipinski definition) is 1. The van der Waals surface area contributed by atoms with Crippen LogP contribution in [0.25, 0.3) is 0 Å². The molecule has 1 atom stereocenters. The molecule has 1 unspecified atom stereocenters. The number of carbonyl (C=O) groups is 2. The van der Waals surface area contributed by atoms with Gasteiger partial charge in [0.25, 0.3) is 0 Å². The van der Waals surface area contributed by atoms with Gasteiger partial charge in [0.1, 0.15) is 0 Å². The minimum Gasteiger partial charge on any atom is -0.329 e. The van der Waals surface area contributed by atoms with E-state index in [4.69, 9.17) is 0 Å². The van der Waals surface area contributed by atoms with Crippen molar-refractivity contribution < 1.29 is 9.59 Å². The number of nitrogens with one attached hydrogen (secondary N) is 1. The number of carbonyl (C=O) groups excluding carboxylic acids is 2. The summed E-state index contributed by atoms with van der Waals surface area (Å²) in [6, 6.07) is -0.0683. The van der Waals surface area contributed by atoms with Crippen LogP contribution in [0.4, 0.5) is 4.79 Å². The molecule has 4 aliphatic rings. The molecule has 0 spiro atoms. The molecule has 82 valence electrons. The number of urea groups is 1. The first-order valence-electron chi connectivity index (χ1n) is 5.58. The molecule has 0 aromatic heterocycles. The Kier molecular flexibility index (Phi) is 1.95. The van der Waals surface area contributed by atoms with Crippen molar-refractivity contribution in [3.8, 4) is 0 Å². The lowest BCUT2D eigenvalue weighted by Gasteiger charge is -2.46. The predicted molar refractivity (Wildman–Crippen MR) is 53.2 cm³/mol. The van der Waals surface area contributed by atoms with Gasteiger partial charge < -0.3 is 10.2 Å². The molecule has 2 bridgehead atoms. The van der Waals surface area contributed by atoms with E-state index in [-0.39, 0.29) is 24.5 Å². The van der Waals surface area contributed by atoms with Crippen LogP contribution >= 0.6 is 0 Å². The Morgan fingerprint density at radius 2 is 1.93 bits per heavy atom. The summed E-state index contributed by atoms with van der Waals surface area (Å²) < 4.78 is 0. The average molecular weight is 209 g/mol. The first-order valence-corrected chi connectivity index (χ1v) is 5.58. The van der Waals surface area contributed by atoms with Gasteiger partial charge in [-0.3, -0.25) is 9.69 Å². The molecular formula is C10H15N3O2. The first kappa shape index (κ1) is 9.15. The second-order valence-electron chi connectivity index (χ2n) is 4.63. The van der Waals surface area contributed by atoms with Crippen LogP contribution in [-0.4, -0.2) is 54.0 Å². The lowest BCUT2D eigenvalue weighted by molar-refractivity contribution is -0.129. The van der Waals surface area contributed by atoms with Crippen LogP contribution in [0.2, 0.25) is 0 Å². The Morgan fingerprint density at radius 3 is 2.40 bits per heavy atom. The predicted octanol–water partition coefficient (Wildman–Crippen LogP) is -0.368. The van der Waals surface area contributed by atoms with Gasteiger partial charge in [-0.2, -0.15) is 0 Å². The van der Waals surface area contributed by atoms with Crippen LogP contribution in [-0.2, 0) is 4.79 Å². The van der Waals surface area contributed by atoms with Crippen LogP contribution in [0, 0.1) is 5.92 Å². The molecule has 4 fully saturated rings. The van der Waals surface area contributed by atoms with E-state index in [1.54, 1.807) is 0 Å². The molecule has 0 aliphatic carbocycles.